The number of aromatic nitrogens is 2. The summed E-state index contributed by atoms with van der Waals surface area (Å²) in [4.78, 5) is 20.9. The van der Waals surface area contributed by atoms with Crippen molar-refractivity contribution in [2.45, 2.75) is 26.7 Å². The lowest BCUT2D eigenvalue weighted by Gasteiger charge is -2.40. The summed E-state index contributed by atoms with van der Waals surface area (Å²) in [5.41, 5.74) is 0.0705. The average molecular weight is 357 g/mol. The summed E-state index contributed by atoms with van der Waals surface area (Å²) in [6.45, 7) is 6.43. The van der Waals surface area contributed by atoms with Crippen LogP contribution in [0.2, 0.25) is 0 Å². The van der Waals surface area contributed by atoms with Gasteiger partial charge in [0, 0.05) is 32.0 Å². The summed E-state index contributed by atoms with van der Waals surface area (Å²) in [7, 11) is 0. The number of anilines is 1. The number of hydrogen-bond acceptors (Lipinski definition) is 4. The average Bonchev–Trinajstić information content (AvgIpc) is 2.47. The van der Waals surface area contributed by atoms with E-state index in [1.807, 2.05) is 0 Å². The molecule has 2 N–H and O–H groups in total. The standard InChI is InChI=1S/C14H21BrN4O2/c1-14(2,9-18-12-16-7-11(15)8-17-12)10-3-5-19(6-4-10)13(20)21/h7-8,10H,3-6,9H2,1-2H3,(H,20,21)(H,16,17,18). The van der Waals surface area contributed by atoms with Gasteiger partial charge in [-0.2, -0.15) is 0 Å². The van der Waals surface area contributed by atoms with Crippen molar-refractivity contribution in [3.63, 3.8) is 0 Å². The predicted molar refractivity (Wildman–Crippen MR) is 84.3 cm³/mol. The number of piperidine rings is 1. The van der Waals surface area contributed by atoms with Crippen LogP contribution >= 0.6 is 15.9 Å². The van der Waals surface area contributed by atoms with E-state index in [-0.39, 0.29) is 5.41 Å². The van der Waals surface area contributed by atoms with Gasteiger partial charge in [-0.05, 0) is 40.1 Å². The molecule has 1 aromatic rings. The number of carbonyl (C=O) groups is 1. The van der Waals surface area contributed by atoms with E-state index in [0.717, 1.165) is 23.9 Å². The maximum Gasteiger partial charge on any atom is 0.407 e. The second-order valence-corrected chi connectivity index (χ2v) is 7.03. The molecule has 0 aromatic carbocycles. The molecule has 2 heterocycles. The van der Waals surface area contributed by atoms with E-state index < -0.39 is 6.09 Å². The van der Waals surface area contributed by atoms with Crippen molar-refractivity contribution in [1.82, 2.24) is 14.9 Å². The fraction of sp³-hybridized carbons (Fsp3) is 0.643. The molecule has 0 aliphatic carbocycles. The molecule has 21 heavy (non-hydrogen) atoms. The summed E-state index contributed by atoms with van der Waals surface area (Å²) in [5, 5.41) is 12.3. The minimum absolute atomic E-state index is 0.0705. The topological polar surface area (TPSA) is 78.4 Å². The Bertz CT molecular complexity index is 484. The predicted octanol–water partition coefficient (Wildman–Crippen LogP) is 3.07. The molecule has 0 atom stereocenters. The van der Waals surface area contributed by atoms with Crippen LogP contribution in [0.4, 0.5) is 10.7 Å². The SMILES string of the molecule is CC(C)(CNc1ncc(Br)cn1)C1CCN(C(=O)O)CC1. The third-order valence-electron chi connectivity index (χ3n) is 4.19. The van der Waals surface area contributed by atoms with Gasteiger partial charge in [0.25, 0.3) is 0 Å². The van der Waals surface area contributed by atoms with Crippen molar-refractivity contribution in [3.8, 4) is 0 Å². The van der Waals surface area contributed by atoms with Crippen LogP contribution in [0.25, 0.3) is 0 Å². The van der Waals surface area contributed by atoms with Crippen LogP contribution in [0.3, 0.4) is 0 Å². The molecule has 2 rings (SSSR count). The van der Waals surface area contributed by atoms with Crippen molar-refractivity contribution in [1.29, 1.82) is 0 Å². The van der Waals surface area contributed by atoms with Crippen LogP contribution in [0, 0.1) is 11.3 Å². The Labute approximate surface area is 133 Å². The zero-order valence-corrected chi connectivity index (χ0v) is 13.9. The zero-order chi connectivity index (χ0) is 15.5. The summed E-state index contributed by atoms with van der Waals surface area (Å²) < 4.78 is 0.855. The Hall–Kier alpha value is -1.37. The maximum absolute atomic E-state index is 10.9. The Morgan fingerprint density at radius 2 is 2.00 bits per heavy atom. The minimum atomic E-state index is -0.812. The largest absolute Gasteiger partial charge is 0.465 e. The van der Waals surface area contributed by atoms with Crippen LogP contribution in [0.1, 0.15) is 26.7 Å². The molecule has 7 heteroatoms. The third-order valence-corrected chi connectivity index (χ3v) is 4.60. The number of rotatable bonds is 4. The Morgan fingerprint density at radius 1 is 1.43 bits per heavy atom. The highest BCUT2D eigenvalue weighted by atomic mass is 79.9. The molecule has 1 saturated heterocycles. The van der Waals surface area contributed by atoms with Crippen molar-refractivity contribution in [2.75, 3.05) is 25.0 Å². The number of nitrogens with zero attached hydrogens (tertiary/aromatic N) is 3. The number of likely N-dealkylation sites (tertiary alicyclic amines) is 1. The van der Waals surface area contributed by atoms with Gasteiger partial charge < -0.3 is 15.3 Å². The lowest BCUT2D eigenvalue weighted by molar-refractivity contribution is 0.0932. The van der Waals surface area contributed by atoms with E-state index in [0.29, 0.717) is 25.0 Å². The fourth-order valence-corrected chi connectivity index (χ4v) is 2.91. The summed E-state index contributed by atoms with van der Waals surface area (Å²) in [6, 6.07) is 0. The normalized spacial score (nSPS) is 16.8. The van der Waals surface area contributed by atoms with Crippen molar-refractivity contribution in [3.05, 3.63) is 16.9 Å². The van der Waals surface area contributed by atoms with E-state index in [1.165, 1.54) is 4.90 Å². The second kappa shape index (κ2) is 6.60. The van der Waals surface area contributed by atoms with Gasteiger partial charge in [0.05, 0.1) is 4.47 Å². The van der Waals surface area contributed by atoms with E-state index >= 15 is 0 Å². The highest BCUT2D eigenvalue weighted by Crippen LogP contribution is 2.35. The van der Waals surface area contributed by atoms with Gasteiger partial charge in [-0.25, -0.2) is 14.8 Å². The molecule has 1 aliphatic heterocycles. The number of amides is 1. The quantitative estimate of drug-likeness (QED) is 0.866. The maximum atomic E-state index is 10.9. The van der Waals surface area contributed by atoms with Gasteiger partial charge in [0.1, 0.15) is 0 Å². The summed E-state index contributed by atoms with van der Waals surface area (Å²) in [5.74, 6) is 1.12. The van der Waals surface area contributed by atoms with Crippen molar-refractivity contribution < 1.29 is 9.90 Å². The van der Waals surface area contributed by atoms with Crippen molar-refractivity contribution in [2.24, 2.45) is 11.3 Å². The molecule has 1 fully saturated rings. The lowest BCUT2D eigenvalue weighted by Crippen LogP contribution is -2.43. The lowest BCUT2D eigenvalue weighted by atomic mass is 9.73. The summed E-state index contributed by atoms with van der Waals surface area (Å²) >= 11 is 3.31. The van der Waals surface area contributed by atoms with E-state index in [4.69, 9.17) is 5.11 Å². The van der Waals surface area contributed by atoms with Crippen LogP contribution in [-0.4, -0.2) is 45.7 Å². The smallest absolute Gasteiger partial charge is 0.407 e. The van der Waals surface area contributed by atoms with E-state index in [1.54, 1.807) is 12.4 Å². The Kier molecular flexibility index (Phi) is 5.03. The molecule has 0 unspecified atom stereocenters. The third kappa shape index (κ3) is 4.30. The molecule has 0 radical (unpaired) electrons. The molecule has 0 bridgehead atoms. The zero-order valence-electron chi connectivity index (χ0n) is 12.3. The molecular weight excluding hydrogens is 336 g/mol. The highest BCUT2D eigenvalue weighted by molar-refractivity contribution is 9.10. The molecule has 0 saturated carbocycles. The number of halogens is 1. The number of carboxylic acid groups (broad SMARTS) is 1. The van der Waals surface area contributed by atoms with Gasteiger partial charge in [-0.1, -0.05) is 13.8 Å². The highest BCUT2D eigenvalue weighted by Gasteiger charge is 2.33. The van der Waals surface area contributed by atoms with Gasteiger partial charge in [0.2, 0.25) is 5.95 Å². The molecule has 1 amide bonds. The van der Waals surface area contributed by atoms with Crippen LogP contribution in [0.15, 0.2) is 16.9 Å². The first-order chi connectivity index (χ1) is 9.88. The molecule has 0 spiro atoms. The van der Waals surface area contributed by atoms with Crippen LogP contribution < -0.4 is 5.32 Å². The summed E-state index contributed by atoms with van der Waals surface area (Å²) in [6.07, 6.45) is 4.43. The Morgan fingerprint density at radius 3 is 2.52 bits per heavy atom. The first-order valence-corrected chi connectivity index (χ1v) is 7.87. The molecular formula is C14H21BrN4O2. The first-order valence-electron chi connectivity index (χ1n) is 7.08. The van der Waals surface area contributed by atoms with Gasteiger partial charge >= 0.3 is 6.09 Å². The fourth-order valence-electron chi connectivity index (χ4n) is 2.71. The monoisotopic (exact) mass is 356 g/mol. The second-order valence-electron chi connectivity index (χ2n) is 6.11. The molecule has 1 aliphatic rings. The van der Waals surface area contributed by atoms with Gasteiger partial charge in [0.15, 0.2) is 0 Å². The molecule has 1 aromatic heterocycles. The number of nitrogens with one attached hydrogen (secondary N) is 1. The first kappa shape index (κ1) is 16.0. The molecule has 6 nitrogen and oxygen atoms in total. The van der Waals surface area contributed by atoms with Crippen LogP contribution in [0.5, 0.6) is 0 Å². The van der Waals surface area contributed by atoms with Crippen molar-refractivity contribution >= 4 is 28.0 Å². The minimum Gasteiger partial charge on any atom is -0.465 e. The van der Waals surface area contributed by atoms with Gasteiger partial charge in [-0.3, -0.25) is 0 Å². The van der Waals surface area contributed by atoms with E-state index in [2.05, 4.69) is 45.1 Å². The van der Waals surface area contributed by atoms with E-state index in [9.17, 15) is 4.79 Å². The van der Waals surface area contributed by atoms with Crippen LogP contribution in [-0.2, 0) is 0 Å². The Balaban J connectivity index is 1.87. The molecule has 116 valence electrons. The number of hydrogen-bond donors (Lipinski definition) is 2. The van der Waals surface area contributed by atoms with Gasteiger partial charge in [-0.15, -0.1) is 0 Å².